The number of rotatable bonds is 20. The third-order valence-electron chi connectivity index (χ3n) is 10.9. The van der Waals surface area contributed by atoms with Gasteiger partial charge in [0.2, 0.25) is 0 Å². The number of pyridine rings is 2. The summed E-state index contributed by atoms with van der Waals surface area (Å²) in [6.45, 7) is 9.20. The summed E-state index contributed by atoms with van der Waals surface area (Å²) in [5, 5.41) is 3.31. The number of fused-ring (bicyclic) bond motifs is 6. The largest absolute Gasteiger partial charge is 0.274 e. The van der Waals surface area contributed by atoms with Crippen LogP contribution < -0.4 is 11.1 Å². The number of allylic oxidation sites excluding steroid dienone is 1. The molecule has 0 aliphatic heterocycles. The van der Waals surface area contributed by atoms with Crippen LogP contribution in [0.25, 0.3) is 58.3 Å². The molecule has 2 unspecified atom stereocenters. The van der Waals surface area contributed by atoms with E-state index < -0.39 is 0 Å². The second kappa shape index (κ2) is 17.1. The van der Waals surface area contributed by atoms with Crippen molar-refractivity contribution < 1.29 is 0 Å². The van der Waals surface area contributed by atoms with Crippen molar-refractivity contribution in [2.45, 2.75) is 96.8 Å². The lowest BCUT2D eigenvalue weighted by Gasteiger charge is -2.13. The zero-order valence-corrected chi connectivity index (χ0v) is 35.4. The average molecular weight is 789 g/mol. The maximum Gasteiger partial charge on any atom is 0.263 e. The van der Waals surface area contributed by atoms with Crippen molar-refractivity contribution in [3.63, 3.8) is 0 Å². The summed E-state index contributed by atoms with van der Waals surface area (Å²) in [6.07, 6.45) is 18.9. The van der Waals surface area contributed by atoms with Gasteiger partial charge in [-0.05, 0) is 103 Å². The average Bonchev–Trinajstić information content (AvgIpc) is 3.92. The molecule has 52 heavy (non-hydrogen) atoms. The molecule has 4 nitrogen and oxygen atoms in total. The van der Waals surface area contributed by atoms with Crippen molar-refractivity contribution in [2.24, 2.45) is 11.8 Å². The lowest BCUT2D eigenvalue weighted by molar-refractivity contribution is 0.499. The third-order valence-corrected chi connectivity index (χ3v) is 16.5. The van der Waals surface area contributed by atoms with Crippen LogP contribution in [0.4, 0.5) is 0 Å². The molecule has 0 N–H and O–H groups in total. The lowest BCUT2D eigenvalue weighted by atomic mass is 10.0. The number of nitrogens with zero attached hydrogens (tertiary/aromatic N) is 2. The lowest BCUT2D eigenvalue weighted by Crippen LogP contribution is -2.15. The van der Waals surface area contributed by atoms with E-state index in [0.29, 0.717) is 10.8 Å². The van der Waals surface area contributed by atoms with Gasteiger partial charge in [-0.2, -0.15) is 23.5 Å². The molecular weight excluding hydrogens is 737 g/mol. The SMILES string of the molecule is CCCCC(CC)CSCC/C=C/c1c(SC)cc2c3sc4c5c(ccc(c(=O)n12)c35)c(=O)n1c2cc(CCSCC(CC)CCCC)sc2cc41. The number of hydrogen-bond acceptors (Lipinski definition) is 7. The fourth-order valence-electron chi connectivity index (χ4n) is 7.81. The van der Waals surface area contributed by atoms with Gasteiger partial charge in [0.1, 0.15) is 0 Å². The maximum absolute atomic E-state index is 14.3. The molecule has 0 radical (unpaired) electrons. The number of aromatic nitrogens is 2. The first-order valence-corrected chi connectivity index (χ1v) is 24.6. The molecule has 0 aliphatic rings. The van der Waals surface area contributed by atoms with Gasteiger partial charge in [0.15, 0.2) is 0 Å². The highest BCUT2D eigenvalue weighted by Gasteiger charge is 2.25. The molecule has 7 aromatic rings. The van der Waals surface area contributed by atoms with E-state index in [1.54, 1.807) is 23.1 Å². The standard InChI is InChI=1S/C43H52N2O2S5/c1-6-10-14-27(8-3)25-49-20-13-12-16-32-36(48-5)23-34-40-38-30(42(46)44(32)34)17-18-31-39(38)41(52-40)35-24-37-33(45(35)43(31)47)22-29(51-37)19-21-50-26-28(9-4)15-11-7-2/h12,16-18,22-24,27-28H,6-11,13-15,19-21,25-26H2,1-5H3/b16-12+. The summed E-state index contributed by atoms with van der Waals surface area (Å²) < 4.78 is 7.24. The van der Waals surface area contributed by atoms with Crippen molar-refractivity contribution >= 4 is 116 Å². The van der Waals surface area contributed by atoms with Crippen molar-refractivity contribution in [2.75, 3.05) is 29.3 Å². The summed E-state index contributed by atoms with van der Waals surface area (Å²) in [6, 6.07) is 10.5. The van der Waals surface area contributed by atoms with Gasteiger partial charge in [0, 0.05) is 31.3 Å². The first kappa shape index (κ1) is 38.1. The van der Waals surface area contributed by atoms with Crippen molar-refractivity contribution in [3.05, 3.63) is 67.7 Å². The molecule has 0 saturated carbocycles. The van der Waals surface area contributed by atoms with Gasteiger partial charge in [-0.3, -0.25) is 18.4 Å². The highest BCUT2D eigenvalue weighted by Crippen LogP contribution is 2.45. The Kier molecular flexibility index (Phi) is 12.5. The van der Waals surface area contributed by atoms with Gasteiger partial charge in [-0.25, -0.2) is 0 Å². The van der Waals surface area contributed by atoms with Crippen LogP contribution in [0, 0.1) is 11.8 Å². The Hall–Kier alpha value is -2.17. The number of thioether (sulfide) groups is 3. The maximum atomic E-state index is 14.3. The summed E-state index contributed by atoms with van der Waals surface area (Å²) in [4.78, 5) is 31.0. The zero-order valence-electron chi connectivity index (χ0n) is 31.3. The summed E-state index contributed by atoms with van der Waals surface area (Å²) in [5.41, 5.74) is 3.93. The molecule has 0 fully saturated rings. The first-order valence-electron chi connectivity index (χ1n) is 19.4. The molecule has 276 valence electrons. The molecular formula is C43H52N2O2S5. The first-order chi connectivity index (χ1) is 25.4. The van der Waals surface area contributed by atoms with Crippen LogP contribution >= 0.6 is 58.0 Å². The van der Waals surface area contributed by atoms with Crippen LogP contribution in [0.3, 0.4) is 0 Å². The molecule has 2 atom stereocenters. The van der Waals surface area contributed by atoms with Crippen LogP contribution in [-0.4, -0.2) is 38.1 Å². The van der Waals surface area contributed by atoms with Crippen LogP contribution in [0.15, 0.2) is 50.9 Å². The summed E-state index contributed by atoms with van der Waals surface area (Å²) in [5.74, 6) is 6.33. The molecule has 0 aliphatic carbocycles. The molecule has 0 saturated heterocycles. The molecule has 7 rings (SSSR count). The minimum Gasteiger partial charge on any atom is -0.274 e. The predicted molar refractivity (Wildman–Crippen MR) is 239 cm³/mol. The highest BCUT2D eigenvalue weighted by molar-refractivity contribution is 7.99. The van der Waals surface area contributed by atoms with Crippen molar-refractivity contribution in [1.82, 2.24) is 8.80 Å². The van der Waals surface area contributed by atoms with Gasteiger partial charge >= 0.3 is 0 Å². The van der Waals surface area contributed by atoms with Crippen LogP contribution in [-0.2, 0) is 6.42 Å². The molecule has 0 spiro atoms. The Morgan fingerprint density at radius 1 is 0.750 bits per heavy atom. The molecule has 0 amide bonds. The van der Waals surface area contributed by atoms with Crippen LogP contribution in [0.5, 0.6) is 0 Å². The fraction of sp³-hybridized carbons (Fsp3) is 0.488. The van der Waals surface area contributed by atoms with Gasteiger partial charge in [0.25, 0.3) is 11.1 Å². The molecule has 6 aromatic heterocycles. The zero-order chi connectivity index (χ0) is 36.4. The normalized spacial score (nSPS) is 13.9. The number of aryl methyl sites for hydroxylation is 1. The Balaban J connectivity index is 1.20. The Morgan fingerprint density at radius 2 is 1.37 bits per heavy atom. The number of thiophene rings is 2. The van der Waals surface area contributed by atoms with Gasteiger partial charge in [0.05, 0.1) is 36.3 Å². The van der Waals surface area contributed by atoms with Gasteiger partial charge < -0.3 is 0 Å². The second-order valence-electron chi connectivity index (χ2n) is 14.4. The molecule has 6 heterocycles. The summed E-state index contributed by atoms with van der Waals surface area (Å²) in [7, 11) is 0. The Morgan fingerprint density at radius 3 is 1.98 bits per heavy atom. The van der Waals surface area contributed by atoms with E-state index in [2.05, 4.69) is 87.8 Å². The highest BCUT2D eigenvalue weighted by atomic mass is 32.2. The molecule has 1 aromatic carbocycles. The number of unbranched alkanes of at least 4 members (excludes halogenated alkanes) is 2. The van der Waals surface area contributed by atoms with E-state index >= 15 is 0 Å². The Bertz CT molecular complexity index is 2430. The molecule has 9 heteroatoms. The van der Waals surface area contributed by atoms with Crippen molar-refractivity contribution in [1.29, 1.82) is 0 Å². The monoisotopic (exact) mass is 788 g/mol. The van der Waals surface area contributed by atoms with E-state index in [1.165, 1.54) is 72.4 Å². The van der Waals surface area contributed by atoms with E-state index in [-0.39, 0.29) is 11.1 Å². The third kappa shape index (κ3) is 7.18. The Labute approximate surface area is 328 Å². The molecule has 0 bridgehead atoms. The van der Waals surface area contributed by atoms with Gasteiger partial charge in [-0.15, -0.1) is 34.4 Å². The fourth-order valence-corrected chi connectivity index (χ4v) is 13.4. The summed E-state index contributed by atoms with van der Waals surface area (Å²) >= 11 is 9.40. The number of hydrogen-bond donors (Lipinski definition) is 0. The van der Waals surface area contributed by atoms with Gasteiger partial charge in [-0.1, -0.05) is 72.3 Å². The minimum absolute atomic E-state index is 0.00181. The quantitative estimate of drug-likeness (QED) is 0.0437. The minimum atomic E-state index is 0.00181. The van der Waals surface area contributed by atoms with Crippen LogP contribution in [0.1, 0.15) is 96.1 Å². The van der Waals surface area contributed by atoms with E-state index in [0.717, 1.165) is 83.5 Å². The topological polar surface area (TPSA) is 43.0 Å². The van der Waals surface area contributed by atoms with Crippen molar-refractivity contribution in [3.8, 4) is 0 Å². The number of benzene rings is 1. The second-order valence-corrected chi connectivity index (χ2v) is 19.7. The smallest absolute Gasteiger partial charge is 0.263 e. The van der Waals surface area contributed by atoms with E-state index in [9.17, 15) is 9.59 Å². The van der Waals surface area contributed by atoms with E-state index in [1.807, 2.05) is 32.3 Å². The van der Waals surface area contributed by atoms with Crippen LogP contribution in [0.2, 0.25) is 0 Å². The van der Waals surface area contributed by atoms with E-state index in [4.69, 9.17) is 0 Å². The predicted octanol–water partition coefficient (Wildman–Crippen LogP) is 13.1.